The van der Waals surface area contributed by atoms with Crippen LogP contribution in [0.15, 0.2) is 12.1 Å². The average Bonchev–Trinajstić information content (AvgIpc) is 2.11. The zero-order valence-corrected chi connectivity index (χ0v) is 8.04. The molecule has 0 spiro atoms. The number of hydrogen-bond donors (Lipinski definition) is 1. The van der Waals surface area contributed by atoms with Crippen molar-refractivity contribution in [1.29, 1.82) is 0 Å². The number of rotatable bonds is 3. The van der Waals surface area contributed by atoms with Crippen molar-refractivity contribution in [1.82, 2.24) is 0 Å². The average molecular weight is 216 g/mol. The highest BCUT2D eigenvalue weighted by Crippen LogP contribution is 2.23. The topological polar surface area (TPSA) is 69.2 Å². The number of nitro groups is 1. The first-order chi connectivity index (χ1) is 6.93. The molecule has 15 heavy (non-hydrogen) atoms. The van der Waals surface area contributed by atoms with Crippen molar-refractivity contribution in [3.05, 3.63) is 39.4 Å². The van der Waals surface area contributed by atoms with Crippen molar-refractivity contribution in [2.24, 2.45) is 5.73 Å². The van der Waals surface area contributed by atoms with E-state index in [1.54, 1.807) is 6.92 Å². The molecule has 0 aliphatic carbocycles. The lowest BCUT2D eigenvalue weighted by Crippen LogP contribution is -2.19. The lowest BCUT2D eigenvalue weighted by atomic mass is 10.1. The standard InChI is InChI=1S/C9H10F2N2O2/c1-5(12)4-6-7(10)2-3-8(9(6)11)13(14)15/h2-3,5H,4,12H2,1H3/t5-/m0/s1. The zero-order valence-electron chi connectivity index (χ0n) is 8.04. The predicted molar refractivity (Wildman–Crippen MR) is 50.4 cm³/mol. The minimum absolute atomic E-state index is 0.0701. The van der Waals surface area contributed by atoms with Gasteiger partial charge in [0, 0.05) is 17.7 Å². The number of benzene rings is 1. The summed E-state index contributed by atoms with van der Waals surface area (Å²) in [5.41, 5.74) is 4.32. The molecule has 0 unspecified atom stereocenters. The number of halogens is 2. The number of hydrogen-bond acceptors (Lipinski definition) is 3. The molecule has 0 bridgehead atoms. The highest BCUT2D eigenvalue weighted by atomic mass is 19.1. The predicted octanol–water partition coefficient (Wildman–Crippen LogP) is 1.76. The van der Waals surface area contributed by atoms with Crippen LogP contribution in [0.5, 0.6) is 0 Å². The molecule has 0 aromatic heterocycles. The van der Waals surface area contributed by atoms with Gasteiger partial charge in [-0.05, 0) is 19.4 Å². The summed E-state index contributed by atoms with van der Waals surface area (Å²) in [5.74, 6) is -1.95. The molecule has 0 aliphatic rings. The molecule has 1 aromatic rings. The molecule has 0 radical (unpaired) electrons. The van der Waals surface area contributed by atoms with Gasteiger partial charge in [0.2, 0.25) is 5.82 Å². The van der Waals surface area contributed by atoms with Gasteiger partial charge in [-0.1, -0.05) is 0 Å². The molecule has 2 N–H and O–H groups in total. The van der Waals surface area contributed by atoms with Gasteiger partial charge < -0.3 is 5.73 Å². The van der Waals surface area contributed by atoms with E-state index in [2.05, 4.69) is 0 Å². The van der Waals surface area contributed by atoms with Gasteiger partial charge in [0.1, 0.15) is 5.82 Å². The summed E-state index contributed by atoms with van der Waals surface area (Å²) in [5, 5.41) is 10.4. The smallest absolute Gasteiger partial charge is 0.305 e. The van der Waals surface area contributed by atoms with Crippen LogP contribution < -0.4 is 5.73 Å². The fraction of sp³-hybridized carbons (Fsp3) is 0.333. The first-order valence-corrected chi connectivity index (χ1v) is 4.30. The van der Waals surface area contributed by atoms with Crippen molar-refractivity contribution in [2.75, 3.05) is 0 Å². The third-order valence-corrected chi connectivity index (χ3v) is 1.89. The first-order valence-electron chi connectivity index (χ1n) is 4.30. The van der Waals surface area contributed by atoms with Crippen LogP contribution in [0.25, 0.3) is 0 Å². The Bertz CT molecular complexity index is 394. The fourth-order valence-electron chi connectivity index (χ4n) is 1.24. The highest BCUT2D eigenvalue weighted by molar-refractivity contribution is 5.38. The summed E-state index contributed by atoms with van der Waals surface area (Å²) in [6, 6.07) is 1.21. The van der Waals surface area contributed by atoms with E-state index < -0.39 is 28.3 Å². The molecular formula is C9H10F2N2O2. The molecule has 82 valence electrons. The Kier molecular flexibility index (Phi) is 3.31. The van der Waals surface area contributed by atoms with Crippen LogP contribution in [0.1, 0.15) is 12.5 Å². The Morgan fingerprint density at radius 1 is 1.53 bits per heavy atom. The van der Waals surface area contributed by atoms with E-state index in [1.165, 1.54) is 0 Å². The molecule has 4 nitrogen and oxygen atoms in total. The molecule has 1 aromatic carbocycles. The number of nitro benzene ring substituents is 1. The summed E-state index contributed by atoms with van der Waals surface area (Å²) in [4.78, 5) is 9.49. The summed E-state index contributed by atoms with van der Waals surface area (Å²) < 4.78 is 26.5. The SMILES string of the molecule is C[C@H](N)Cc1c(F)ccc([N+](=O)[O-])c1F. The van der Waals surface area contributed by atoms with Crippen LogP contribution in [-0.4, -0.2) is 11.0 Å². The Balaban J connectivity index is 3.24. The summed E-state index contributed by atoms with van der Waals surface area (Å²) in [6.07, 6.45) is -0.0701. The van der Waals surface area contributed by atoms with Crippen LogP contribution >= 0.6 is 0 Å². The lowest BCUT2D eigenvalue weighted by Gasteiger charge is -2.07. The molecule has 0 heterocycles. The molecule has 0 aliphatic heterocycles. The Morgan fingerprint density at radius 2 is 2.13 bits per heavy atom. The van der Waals surface area contributed by atoms with E-state index in [1.807, 2.05) is 0 Å². The van der Waals surface area contributed by atoms with Gasteiger partial charge in [0.15, 0.2) is 0 Å². The summed E-state index contributed by atoms with van der Waals surface area (Å²) >= 11 is 0. The summed E-state index contributed by atoms with van der Waals surface area (Å²) in [6.45, 7) is 1.57. The maximum Gasteiger partial charge on any atom is 0.305 e. The van der Waals surface area contributed by atoms with Gasteiger partial charge in [-0.2, -0.15) is 4.39 Å². The largest absolute Gasteiger partial charge is 0.328 e. The van der Waals surface area contributed by atoms with Crippen LogP contribution in [0.2, 0.25) is 0 Å². The minimum Gasteiger partial charge on any atom is -0.328 e. The number of nitrogens with two attached hydrogens (primary N) is 1. The number of nitrogens with zero attached hydrogens (tertiary/aromatic N) is 1. The van der Waals surface area contributed by atoms with Crippen molar-refractivity contribution < 1.29 is 13.7 Å². The van der Waals surface area contributed by atoms with Gasteiger partial charge >= 0.3 is 5.69 Å². The van der Waals surface area contributed by atoms with E-state index in [-0.39, 0.29) is 12.0 Å². The third-order valence-electron chi connectivity index (χ3n) is 1.89. The van der Waals surface area contributed by atoms with Crippen molar-refractivity contribution in [3.8, 4) is 0 Å². The molecular weight excluding hydrogens is 206 g/mol. The van der Waals surface area contributed by atoms with E-state index in [9.17, 15) is 18.9 Å². The second kappa shape index (κ2) is 4.31. The molecule has 0 amide bonds. The van der Waals surface area contributed by atoms with Gasteiger partial charge in [0.25, 0.3) is 0 Å². The first kappa shape index (κ1) is 11.5. The minimum atomic E-state index is -1.14. The molecule has 6 heteroatoms. The Hall–Kier alpha value is -1.56. The lowest BCUT2D eigenvalue weighted by molar-refractivity contribution is -0.387. The van der Waals surface area contributed by atoms with Gasteiger partial charge in [-0.15, -0.1) is 0 Å². The van der Waals surface area contributed by atoms with Gasteiger partial charge in [0.05, 0.1) is 4.92 Å². The van der Waals surface area contributed by atoms with Crippen LogP contribution in [-0.2, 0) is 6.42 Å². The third kappa shape index (κ3) is 2.47. The van der Waals surface area contributed by atoms with E-state index in [4.69, 9.17) is 5.73 Å². The monoisotopic (exact) mass is 216 g/mol. The van der Waals surface area contributed by atoms with E-state index >= 15 is 0 Å². The highest BCUT2D eigenvalue weighted by Gasteiger charge is 2.21. The fourth-order valence-corrected chi connectivity index (χ4v) is 1.24. The molecule has 0 saturated heterocycles. The Labute approximate surface area is 84.9 Å². The van der Waals surface area contributed by atoms with Crippen LogP contribution in [0, 0.1) is 21.7 Å². The van der Waals surface area contributed by atoms with Gasteiger partial charge in [-0.25, -0.2) is 4.39 Å². The molecule has 0 fully saturated rings. The quantitative estimate of drug-likeness (QED) is 0.618. The summed E-state index contributed by atoms with van der Waals surface area (Å²) in [7, 11) is 0. The maximum absolute atomic E-state index is 13.4. The van der Waals surface area contributed by atoms with Gasteiger partial charge in [-0.3, -0.25) is 10.1 Å². The van der Waals surface area contributed by atoms with Crippen LogP contribution in [0.4, 0.5) is 14.5 Å². The van der Waals surface area contributed by atoms with Crippen molar-refractivity contribution in [3.63, 3.8) is 0 Å². The maximum atomic E-state index is 13.4. The van der Waals surface area contributed by atoms with E-state index in [0.29, 0.717) is 0 Å². The second-order valence-corrected chi connectivity index (χ2v) is 3.30. The normalized spacial score (nSPS) is 12.5. The Morgan fingerprint density at radius 3 is 2.60 bits per heavy atom. The second-order valence-electron chi connectivity index (χ2n) is 3.30. The molecule has 1 atom stereocenters. The molecule has 1 rings (SSSR count). The van der Waals surface area contributed by atoms with Crippen molar-refractivity contribution in [2.45, 2.75) is 19.4 Å². The van der Waals surface area contributed by atoms with E-state index in [0.717, 1.165) is 12.1 Å². The molecule has 0 saturated carbocycles. The van der Waals surface area contributed by atoms with Crippen LogP contribution in [0.3, 0.4) is 0 Å². The zero-order chi connectivity index (χ0) is 11.6. The van der Waals surface area contributed by atoms with Crippen molar-refractivity contribution >= 4 is 5.69 Å².